The molecule has 1 aliphatic rings. The maximum atomic E-state index is 13.1. The van der Waals surface area contributed by atoms with E-state index in [2.05, 4.69) is 31.3 Å². The molecule has 94 heavy (non-hydrogen) atoms. The Kier molecular flexibility index (Phi) is 69.4. The molecule has 6 N–H and O–H groups in total. The van der Waals surface area contributed by atoms with Gasteiger partial charge < -0.3 is 45.1 Å². The third kappa shape index (κ3) is 60.1. The molecule has 0 radical (unpaired) electrons. The fourth-order valence-corrected chi connectivity index (χ4v) is 13.6. The number of allylic oxidation sites excluding steroid dienone is 3. The van der Waals surface area contributed by atoms with Gasteiger partial charge in [0.2, 0.25) is 5.91 Å². The van der Waals surface area contributed by atoms with Crippen LogP contribution in [-0.4, -0.2) is 100 Å². The summed E-state index contributed by atoms with van der Waals surface area (Å²) in [5.41, 5.74) is 0. The van der Waals surface area contributed by atoms with Gasteiger partial charge in [-0.3, -0.25) is 9.59 Å². The second-order valence-corrected chi connectivity index (χ2v) is 29.2. The number of hydrogen-bond acceptors (Lipinski definition) is 10. The SMILES string of the molecule is CCCCCCCCCCCCCCC/C=C/C(O)C(COC1OC(CO)C(O)C(O)C1O)NC(=O)CCCCCCCCCCCCCCCCCCC/C=C\CCCCCCCCCCCCCCCCCCCCOC(=O)CCCCCCCCCCCCCC. The minimum atomic E-state index is -1.57. The average molecular weight is 1330 g/mol. The molecule has 7 atom stereocenters. The van der Waals surface area contributed by atoms with E-state index in [1.807, 2.05) is 6.08 Å². The van der Waals surface area contributed by atoms with Crippen molar-refractivity contribution in [1.29, 1.82) is 0 Å². The Morgan fingerprint density at radius 1 is 0.383 bits per heavy atom. The molecule has 0 spiro atoms. The van der Waals surface area contributed by atoms with E-state index in [0.717, 1.165) is 51.4 Å². The lowest BCUT2D eigenvalue weighted by Crippen LogP contribution is -2.60. The van der Waals surface area contributed by atoms with Gasteiger partial charge in [0.15, 0.2) is 6.29 Å². The van der Waals surface area contributed by atoms with Crippen molar-refractivity contribution in [2.24, 2.45) is 0 Å². The topological polar surface area (TPSA) is 175 Å². The molecule has 0 aromatic carbocycles. The Hall–Kier alpha value is -1.86. The number of unbranched alkanes of at least 4 members (excludes halogenated alkanes) is 59. The number of nitrogens with one attached hydrogen (secondary N) is 1. The van der Waals surface area contributed by atoms with Gasteiger partial charge in [-0.15, -0.1) is 0 Å². The number of carbonyl (C=O) groups is 2. The first-order valence-corrected chi connectivity index (χ1v) is 41.6. The highest BCUT2D eigenvalue weighted by atomic mass is 16.7. The van der Waals surface area contributed by atoms with Crippen LogP contribution in [0.1, 0.15) is 431 Å². The Morgan fingerprint density at radius 2 is 0.681 bits per heavy atom. The Bertz CT molecular complexity index is 1610. The summed E-state index contributed by atoms with van der Waals surface area (Å²) in [5.74, 6) is -0.155. The molecule has 7 unspecified atom stereocenters. The maximum Gasteiger partial charge on any atom is 0.305 e. The zero-order valence-electron chi connectivity index (χ0n) is 62.2. The molecule has 1 heterocycles. The number of amides is 1. The third-order valence-corrected chi connectivity index (χ3v) is 20.1. The highest BCUT2D eigenvalue weighted by molar-refractivity contribution is 5.76. The van der Waals surface area contributed by atoms with Gasteiger partial charge in [0, 0.05) is 12.8 Å². The molecular formula is C83H159NO10. The van der Waals surface area contributed by atoms with Crippen LogP contribution in [0.5, 0.6) is 0 Å². The molecule has 0 saturated carbocycles. The summed E-state index contributed by atoms with van der Waals surface area (Å²) in [6.45, 7) is 4.41. The lowest BCUT2D eigenvalue weighted by Gasteiger charge is -2.40. The van der Waals surface area contributed by atoms with E-state index in [-0.39, 0.29) is 18.5 Å². The van der Waals surface area contributed by atoms with Crippen LogP contribution in [0, 0.1) is 0 Å². The van der Waals surface area contributed by atoms with Crippen molar-refractivity contribution in [3.05, 3.63) is 24.3 Å². The molecule has 1 amide bonds. The van der Waals surface area contributed by atoms with Crippen LogP contribution in [0.2, 0.25) is 0 Å². The Labute approximate surface area is 581 Å². The van der Waals surface area contributed by atoms with Gasteiger partial charge in [0.05, 0.1) is 32.0 Å². The van der Waals surface area contributed by atoms with Gasteiger partial charge in [0.1, 0.15) is 24.4 Å². The van der Waals surface area contributed by atoms with E-state index in [1.165, 1.54) is 353 Å². The summed E-state index contributed by atoms with van der Waals surface area (Å²) in [6, 6.07) is -0.807. The third-order valence-electron chi connectivity index (χ3n) is 20.1. The molecule has 1 fully saturated rings. The molecular weight excluding hydrogens is 1170 g/mol. The van der Waals surface area contributed by atoms with Crippen molar-refractivity contribution >= 4 is 11.9 Å². The van der Waals surface area contributed by atoms with Crippen LogP contribution in [0.25, 0.3) is 0 Å². The summed E-state index contributed by atoms with van der Waals surface area (Å²) in [5, 5.41) is 54.7. The van der Waals surface area contributed by atoms with E-state index in [0.29, 0.717) is 19.4 Å². The van der Waals surface area contributed by atoms with Crippen LogP contribution in [0.15, 0.2) is 24.3 Å². The van der Waals surface area contributed by atoms with E-state index in [1.54, 1.807) is 6.08 Å². The van der Waals surface area contributed by atoms with Crippen molar-refractivity contribution in [3.63, 3.8) is 0 Å². The second kappa shape index (κ2) is 72.4. The highest BCUT2D eigenvalue weighted by Gasteiger charge is 2.44. The van der Waals surface area contributed by atoms with Gasteiger partial charge in [-0.05, 0) is 57.8 Å². The van der Waals surface area contributed by atoms with Crippen LogP contribution in [0.4, 0.5) is 0 Å². The van der Waals surface area contributed by atoms with Gasteiger partial charge in [-0.1, -0.05) is 385 Å². The fraction of sp³-hybridized carbons (Fsp3) is 0.928. The lowest BCUT2D eigenvalue weighted by molar-refractivity contribution is -0.302. The predicted molar refractivity (Wildman–Crippen MR) is 398 cm³/mol. The van der Waals surface area contributed by atoms with Crippen molar-refractivity contribution < 1.29 is 49.3 Å². The Balaban J connectivity index is 1.90. The summed E-state index contributed by atoms with van der Waals surface area (Å²) >= 11 is 0. The van der Waals surface area contributed by atoms with Gasteiger partial charge >= 0.3 is 5.97 Å². The van der Waals surface area contributed by atoms with E-state index >= 15 is 0 Å². The van der Waals surface area contributed by atoms with Crippen molar-refractivity contribution in [1.82, 2.24) is 5.32 Å². The first kappa shape index (κ1) is 90.2. The summed E-state index contributed by atoms with van der Waals surface area (Å²) in [6.07, 6.45) is 83.6. The zero-order chi connectivity index (χ0) is 67.9. The van der Waals surface area contributed by atoms with Crippen LogP contribution >= 0.6 is 0 Å². The largest absolute Gasteiger partial charge is 0.466 e. The molecule has 0 aliphatic carbocycles. The first-order chi connectivity index (χ1) is 46.2. The number of aliphatic hydroxyl groups excluding tert-OH is 5. The summed E-state index contributed by atoms with van der Waals surface area (Å²) in [4.78, 5) is 25.2. The van der Waals surface area contributed by atoms with E-state index < -0.39 is 49.5 Å². The predicted octanol–water partition coefficient (Wildman–Crippen LogP) is 22.7. The normalized spacial score (nSPS) is 17.5. The number of hydrogen-bond donors (Lipinski definition) is 6. The fourth-order valence-electron chi connectivity index (χ4n) is 13.6. The molecule has 1 aliphatic heterocycles. The number of esters is 1. The van der Waals surface area contributed by atoms with Crippen LogP contribution < -0.4 is 5.32 Å². The molecule has 0 aromatic heterocycles. The highest BCUT2D eigenvalue weighted by Crippen LogP contribution is 2.24. The second-order valence-electron chi connectivity index (χ2n) is 29.2. The lowest BCUT2D eigenvalue weighted by atomic mass is 9.99. The zero-order valence-corrected chi connectivity index (χ0v) is 62.2. The number of aliphatic hydroxyl groups is 5. The monoisotopic (exact) mass is 1330 g/mol. The average Bonchev–Trinajstić information content (AvgIpc) is 0.831. The summed E-state index contributed by atoms with van der Waals surface area (Å²) in [7, 11) is 0. The van der Waals surface area contributed by atoms with E-state index in [9.17, 15) is 35.1 Å². The number of rotatable bonds is 75. The molecule has 1 rings (SSSR count). The summed E-state index contributed by atoms with van der Waals surface area (Å²) < 4.78 is 16.8. The molecule has 11 heteroatoms. The number of carbonyl (C=O) groups excluding carboxylic acids is 2. The molecule has 11 nitrogen and oxygen atoms in total. The first-order valence-electron chi connectivity index (χ1n) is 41.6. The van der Waals surface area contributed by atoms with Gasteiger partial charge in [0.25, 0.3) is 0 Å². The quantitative estimate of drug-likeness (QED) is 0.0195. The standard InChI is InChI=1S/C83H159NO10/c1-3-5-7-9-11-13-15-17-43-46-49-53-57-61-65-69-76(86)75(74-93-83-82(91)81(90)80(89)77(73-85)94-83)84-78(87)70-66-62-58-54-50-47-44-41-39-37-35-33-31-29-27-25-23-21-19-18-20-22-24-26-28-30-32-34-36-38-40-42-45-48-52-56-60-64-68-72-92-79(88)71-67-63-59-55-51-16-14-12-10-8-6-4-2/h18-19,65,69,75-77,80-83,85-86,89-91H,3-17,20-64,66-68,70-74H2,1-2H3,(H,84,87)/b19-18-,69-65+. The van der Waals surface area contributed by atoms with Gasteiger partial charge in [-0.2, -0.15) is 0 Å². The maximum absolute atomic E-state index is 13.1. The molecule has 0 aromatic rings. The van der Waals surface area contributed by atoms with E-state index in [4.69, 9.17) is 14.2 Å². The molecule has 1 saturated heterocycles. The van der Waals surface area contributed by atoms with Gasteiger partial charge in [-0.25, -0.2) is 0 Å². The van der Waals surface area contributed by atoms with Crippen molar-refractivity contribution in [2.75, 3.05) is 19.8 Å². The van der Waals surface area contributed by atoms with Crippen LogP contribution in [0.3, 0.4) is 0 Å². The van der Waals surface area contributed by atoms with Crippen molar-refractivity contribution in [3.8, 4) is 0 Å². The minimum absolute atomic E-state index is 0.0184. The minimum Gasteiger partial charge on any atom is -0.466 e. The van der Waals surface area contributed by atoms with Crippen molar-refractivity contribution in [2.45, 2.75) is 474 Å². The van der Waals surface area contributed by atoms with Crippen LogP contribution in [-0.2, 0) is 23.8 Å². The molecule has 0 bridgehead atoms. The smallest absolute Gasteiger partial charge is 0.305 e. The molecule has 556 valence electrons. The number of ether oxygens (including phenoxy) is 3. The Morgan fingerprint density at radius 3 is 1.02 bits per heavy atom.